The molecule has 0 amide bonds. The Bertz CT molecular complexity index is 429. The van der Waals surface area contributed by atoms with Gasteiger partial charge in [0.05, 0.1) is 18.3 Å². The maximum Gasteiger partial charge on any atom is 0.340 e. The lowest BCUT2D eigenvalue weighted by molar-refractivity contribution is 0.0526. The van der Waals surface area contributed by atoms with Crippen molar-refractivity contribution in [3.8, 4) is 5.75 Å². The van der Waals surface area contributed by atoms with Crippen molar-refractivity contribution in [1.82, 2.24) is 0 Å². The molecule has 0 bridgehead atoms. The van der Waals surface area contributed by atoms with Gasteiger partial charge in [-0.15, -0.1) is 0 Å². The number of carbonyl (C=O) groups is 1. The molecule has 1 aromatic rings. The van der Waals surface area contributed by atoms with Crippen molar-refractivity contribution in [3.05, 3.63) is 23.8 Å². The van der Waals surface area contributed by atoms with Crippen LogP contribution in [0.1, 0.15) is 44.5 Å². The first kappa shape index (κ1) is 15.3. The molecule has 0 saturated carbocycles. The lowest BCUT2D eigenvalue weighted by Gasteiger charge is -2.17. The summed E-state index contributed by atoms with van der Waals surface area (Å²) in [6, 6.07) is 5.09. The van der Waals surface area contributed by atoms with Crippen LogP contribution in [0.4, 0.5) is 5.69 Å². The van der Waals surface area contributed by atoms with Gasteiger partial charge in [-0.2, -0.15) is 0 Å². The first-order valence-corrected chi connectivity index (χ1v) is 6.67. The summed E-state index contributed by atoms with van der Waals surface area (Å²) in [6.45, 7) is 8.40. The van der Waals surface area contributed by atoms with Crippen LogP contribution >= 0.6 is 0 Å². The summed E-state index contributed by atoms with van der Waals surface area (Å²) in [6.07, 6.45) is 1.05. The number of hydrogen-bond acceptors (Lipinski definition) is 4. The van der Waals surface area contributed by atoms with Gasteiger partial charge in [-0.3, -0.25) is 0 Å². The van der Waals surface area contributed by atoms with Gasteiger partial charge >= 0.3 is 5.97 Å². The number of benzene rings is 1. The zero-order valence-electron chi connectivity index (χ0n) is 12.1. The standard InChI is InChI=1S/C15H23NO3/c1-5-18-15(17)13-9-12(6-7-14(13)16)19-11(4)8-10(2)3/h6-7,9-11H,5,8,16H2,1-4H3. The molecule has 0 aromatic heterocycles. The van der Waals surface area contributed by atoms with Crippen molar-refractivity contribution in [2.24, 2.45) is 5.92 Å². The second kappa shape index (κ2) is 7.02. The fourth-order valence-corrected chi connectivity index (χ4v) is 1.94. The number of nitrogens with two attached hydrogens (primary N) is 1. The third kappa shape index (κ3) is 4.81. The molecule has 2 N–H and O–H groups in total. The summed E-state index contributed by atoms with van der Waals surface area (Å²) < 4.78 is 10.7. The first-order chi connectivity index (χ1) is 8.93. The number of nitrogen functional groups attached to an aromatic ring is 1. The van der Waals surface area contributed by atoms with Gasteiger partial charge in [0.15, 0.2) is 0 Å². The van der Waals surface area contributed by atoms with Crippen molar-refractivity contribution in [2.45, 2.75) is 40.2 Å². The van der Waals surface area contributed by atoms with Crippen molar-refractivity contribution < 1.29 is 14.3 Å². The van der Waals surface area contributed by atoms with Crippen LogP contribution < -0.4 is 10.5 Å². The van der Waals surface area contributed by atoms with Crippen LogP contribution in [0.25, 0.3) is 0 Å². The summed E-state index contributed by atoms with van der Waals surface area (Å²) in [7, 11) is 0. The second-order valence-corrected chi connectivity index (χ2v) is 5.03. The van der Waals surface area contributed by atoms with E-state index in [0.717, 1.165) is 6.42 Å². The molecule has 0 heterocycles. The van der Waals surface area contributed by atoms with Gasteiger partial charge in [-0.25, -0.2) is 4.79 Å². The van der Waals surface area contributed by atoms with E-state index in [0.29, 0.717) is 29.5 Å². The number of rotatable bonds is 6. The Morgan fingerprint density at radius 1 is 1.32 bits per heavy atom. The molecule has 1 unspecified atom stereocenters. The van der Waals surface area contributed by atoms with Crippen LogP contribution in [0.15, 0.2) is 18.2 Å². The Balaban J connectivity index is 2.81. The minimum absolute atomic E-state index is 0.0960. The highest BCUT2D eigenvalue weighted by molar-refractivity contribution is 5.95. The number of carbonyl (C=O) groups excluding carboxylic acids is 1. The predicted octanol–water partition coefficient (Wildman–Crippen LogP) is 3.26. The van der Waals surface area contributed by atoms with E-state index in [9.17, 15) is 4.79 Å². The highest BCUT2D eigenvalue weighted by Gasteiger charge is 2.13. The molecule has 0 aliphatic rings. The molecule has 19 heavy (non-hydrogen) atoms. The molecule has 4 heteroatoms. The van der Waals surface area contributed by atoms with Crippen molar-refractivity contribution >= 4 is 11.7 Å². The Labute approximate surface area is 114 Å². The van der Waals surface area contributed by atoms with Gasteiger partial charge in [0.25, 0.3) is 0 Å². The first-order valence-electron chi connectivity index (χ1n) is 6.67. The SMILES string of the molecule is CCOC(=O)c1cc(OC(C)CC(C)C)ccc1N. The lowest BCUT2D eigenvalue weighted by atomic mass is 10.1. The van der Waals surface area contributed by atoms with Gasteiger partial charge < -0.3 is 15.2 Å². The van der Waals surface area contributed by atoms with Crippen LogP contribution in [0.5, 0.6) is 5.75 Å². The minimum atomic E-state index is -0.415. The maximum absolute atomic E-state index is 11.7. The van der Waals surface area contributed by atoms with Gasteiger partial charge in [-0.1, -0.05) is 13.8 Å². The summed E-state index contributed by atoms with van der Waals surface area (Å²) in [5, 5.41) is 0. The van der Waals surface area contributed by atoms with Crippen LogP contribution in [0, 0.1) is 5.92 Å². The Morgan fingerprint density at radius 2 is 2.00 bits per heavy atom. The van der Waals surface area contributed by atoms with E-state index >= 15 is 0 Å². The number of anilines is 1. The van der Waals surface area contributed by atoms with E-state index in [2.05, 4.69) is 13.8 Å². The zero-order valence-corrected chi connectivity index (χ0v) is 12.1. The summed E-state index contributed by atoms with van der Waals surface area (Å²) >= 11 is 0. The van der Waals surface area contributed by atoms with E-state index in [1.54, 1.807) is 25.1 Å². The van der Waals surface area contributed by atoms with E-state index in [4.69, 9.17) is 15.2 Å². The van der Waals surface area contributed by atoms with Crippen LogP contribution in [0.2, 0.25) is 0 Å². The summed E-state index contributed by atoms with van der Waals surface area (Å²) in [5.41, 5.74) is 6.54. The smallest absolute Gasteiger partial charge is 0.340 e. The van der Waals surface area contributed by atoms with E-state index in [-0.39, 0.29) is 6.10 Å². The van der Waals surface area contributed by atoms with Gasteiger partial charge in [-0.05, 0) is 44.4 Å². The fraction of sp³-hybridized carbons (Fsp3) is 0.533. The number of ether oxygens (including phenoxy) is 2. The molecule has 1 rings (SSSR count). The van der Waals surface area contributed by atoms with E-state index in [1.165, 1.54) is 0 Å². The highest BCUT2D eigenvalue weighted by atomic mass is 16.5. The minimum Gasteiger partial charge on any atom is -0.491 e. The van der Waals surface area contributed by atoms with Crippen LogP contribution in [-0.2, 0) is 4.74 Å². The Kier molecular flexibility index (Phi) is 5.67. The molecular formula is C15H23NO3. The molecule has 0 spiro atoms. The quantitative estimate of drug-likeness (QED) is 0.633. The van der Waals surface area contributed by atoms with E-state index in [1.807, 2.05) is 6.92 Å². The molecule has 1 aromatic carbocycles. The lowest BCUT2D eigenvalue weighted by Crippen LogP contribution is -2.15. The van der Waals surface area contributed by atoms with Crippen LogP contribution in [-0.4, -0.2) is 18.7 Å². The molecule has 0 saturated heterocycles. The maximum atomic E-state index is 11.7. The molecule has 0 fully saturated rings. The zero-order chi connectivity index (χ0) is 14.4. The molecule has 0 radical (unpaired) electrons. The summed E-state index contributed by atoms with van der Waals surface area (Å²) in [5.74, 6) is 0.792. The second-order valence-electron chi connectivity index (χ2n) is 5.03. The summed E-state index contributed by atoms with van der Waals surface area (Å²) in [4.78, 5) is 11.7. The predicted molar refractivity (Wildman–Crippen MR) is 76.4 cm³/mol. The van der Waals surface area contributed by atoms with Gasteiger partial charge in [0, 0.05) is 5.69 Å². The molecular weight excluding hydrogens is 242 g/mol. The Morgan fingerprint density at radius 3 is 2.58 bits per heavy atom. The van der Waals surface area contributed by atoms with Crippen molar-refractivity contribution in [1.29, 1.82) is 0 Å². The average Bonchev–Trinajstić information content (AvgIpc) is 2.30. The molecule has 0 aliphatic carbocycles. The average molecular weight is 265 g/mol. The normalized spacial score (nSPS) is 12.3. The Hall–Kier alpha value is -1.71. The van der Waals surface area contributed by atoms with Gasteiger partial charge in [0.1, 0.15) is 5.75 Å². The van der Waals surface area contributed by atoms with Crippen molar-refractivity contribution in [3.63, 3.8) is 0 Å². The monoisotopic (exact) mass is 265 g/mol. The number of esters is 1. The largest absolute Gasteiger partial charge is 0.491 e. The van der Waals surface area contributed by atoms with Crippen LogP contribution in [0.3, 0.4) is 0 Å². The van der Waals surface area contributed by atoms with Gasteiger partial charge in [0.2, 0.25) is 0 Å². The van der Waals surface area contributed by atoms with E-state index < -0.39 is 5.97 Å². The highest BCUT2D eigenvalue weighted by Crippen LogP contribution is 2.22. The molecule has 106 valence electrons. The number of hydrogen-bond donors (Lipinski definition) is 1. The molecule has 0 aliphatic heterocycles. The van der Waals surface area contributed by atoms with Crippen molar-refractivity contribution in [2.75, 3.05) is 12.3 Å². The fourth-order valence-electron chi connectivity index (χ4n) is 1.94. The third-order valence-electron chi connectivity index (χ3n) is 2.66. The third-order valence-corrected chi connectivity index (χ3v) is 2.66. The topological polar surface area (TPSA) is 61.5 Å². The molecule has 1 atom stereocenters. The molecule has 4 nitrogen and oxygen atoms in total.